The highest BCUT2D eigenvalue weighted by molar-refractivity contribution is 7.15. The van der Waals surface area contributed by atoms with Crippen molar-refractivity contribution in [3.05, 3.63) is 46.9 Å². The van der Waals surface area contributed by atoms with Gasteiger partial charge in [0, 0.05) is 23.5 Å². The SMILES string of the molecule is Cc1ccn2cc(C(=O)Nc3ncc(C4CCNCC4)s3)nc2c1. The van der Waals surface area contributed by atoms with Crippen LogP contribution in [0.3, 0.4) is 0 Å². The molecule has 2 N–H and O–H groups in total. The molecule has 1 fully saturated rings. The first-order valence-electron chi connectivity index (χ1n) is 8.12. The molecule has 124 valence electrons. The number of aryl methyl sites for hydroxylation is 1. The van der Waals surface area contributed by atoms with E-state index >= 15 is 0 Å². The number of hydrogen-bond acceptors (Lipinski definition) is 5. The minimum Gasteiger partial charge on any atom is -0.317 e. The predicted octanol–water partition coefficient (Wildman–Crippen LogP) is 2.82. The highest BCUT2D eigenvalue weighted by Gasteiger charge is 2.19. The Morgan fingerprint density at radius 1 is 1.42 bits per heavy atom. The molecule has 3 aromatic heterocycles. The van der Waals surface area contributed by atoms with Crippen LogP contribution < -0.4 is 10.6 Å². The van der Waals surface area contributed by atoms with Gasteiger partial charge in [0.05, 0.1) is 0 Å². The quantitative estimate of drug-likeness (QED) is 0.768. The first-order chi connectivity index (χ1) is 11.7. The largest absolute Gasteiger partial charge is 0.317 e. The number of imidazole rings is 1. The zero-order valence-corrected chi connectivity index (χ0v) is 14.3. The number of rotatable bonds is 3. The summed E-state index contributed by atoms with van der Waals surface area (Å²) in [4.78, 5) is 22.4. The number of carbonyl (C=O) groups is 1. The maximum absolute atomic E-state index is 12.4. The number of fused-ring (bicyclic) bond motifs is 1. The average Bonchev–Trinajstić information content (AvgIpc) is 3.22. The fourth-order valence-electron chi connectivity index (χ4n) is 2.99. The molecular weight excluding hydrogens is 322 g/mol. The monoisotopic (exact) mass is 341 g/mol. The van der Waals surface area contributed by atoms with Gasteiger partial charge in [0.15, 0.2) is 5.13 Å². The van der Waals surface area contributed by atoms with Gasteiger partial charge in [0.1, 0.15) is 11.3 Å². The lowest BCUT2D eigenvalue weighted by Crippen LogP contribution is -2.26. The minimum absolute atomic E-state index is 0.220. The summed E-state index contributed by atoms with van der Waals surface area (Å²) in [5.74, 6) is 0.329. The third-order valence-electron chi connectivity index (χ3n) is 4.33. The predicted molar refractivity (Wildman–Crippen MR) is 94.8 cm³/mol. The Hall–Kier alpha value is -2.25. The molecule has 1 amide bonds. The Labute approximate surface area is 143 Å². The van der Waals surface area contributed by atoms with E-state index in [1.807, 2.05) is 35.9 Å². The molecule has 0 saturated carbocycles. The second-order valence-electron chi connectivity index (χ2n) is 6.14. The Morgan fingerprint density at radius 3 is 3.08 bits per heavy atom. The molecule has 0 spiro atoms. The van der Waals surface area contributed by atoms with Crippen LogP contribution in [-0.2, 0) is 0 Å². The van der Waals surface area contributed by atoms with Crippen molar-refractivity contribution in [3.63, 3.8) is 0 Å². The van der Waals surface area contributed by atoms with Gasteiger partial charge < -0.3 is 9.72 Å². The van der Waals surface area contributed by atoms with Crippen LogP contribution in [0, 0.1) is 6.92 Å². The van der Waals surface area contributed by atoms with Crippen LogP contribution in [0.1, 0.15) is 39.7 Å². The van der Waals surface area contributed by atoms with E-state index in [4.69, 9.17) is 0 Å². The molecule has 0 bridgehead atoms. The Bertz CT molecular complexity index is 878. The number of carbonyl (C=O) groups excluding carboxylic acids is 1. The molecule has 1 saturated heterocycles. The fourth-order valence-corrected chi connectivity index (χ4v) is 3.97. The summed E-state index contributed by atoms with van der Waals surface area (Å²) in [6.45, 7) is 4.10. The van der Waals surface area contributed by atoms with E-state index in [-0.39, 0.29) is 5.91 Å². The molecule has 4 heterocycles. The van der Waals surface area contributed by atoms with Crippen molar-refractivity contribution >= 4 is 28.0 Å². The Morgan fingerprint density at radius 2 is 2.25 bits per heavy atom. The van der Waals surface area contributed by atoms with Crippen molar-refractivity contribution < 1.29 is 4.79 Å². The van der Waals surface area contributed by atoms with Crippen molar-refractivity contribution in [3.8, 4) is 0 Å². The van der Waals surface area contributed by atoms with Crippen LogP contribution >= 0.6 is 11.3 Å². The van der Waals surface area contributed by atoms with E-state index < -0.39 is 0 Å². The topological polar surface area (TPSA) is 71.3 Å². The number of thiazole rings is 1. The summed E-state index contributed by atoms with van der Waals surface area (Å²) in [6, 6.07) is 3.94. The molecule has 0 aliphatic carbocycles. The zero-order valence-electron chi connectivity index (χ0n) is 13.5. The van der Waals surface area contributed by atoms with E-state index in [9.17, 15) is 4.79 Å². The molecule has 1 aliphatic rings. The Kier molecular flexibility index (Phi) is 4.03. The molecule has 24 heavy (non-hydrogen) atoms. The molecule has 7 heteroatoms. The summed E-state index contributed by atoms with van der Waals surface area (Å²) >= 11 is 1.57. The Balaban J connectivity index is 1.49. The number of aromatic nitrogens is 3. The van der Waals surface area contributed by atoms with Crippen LogP contribution in [0.15, 0.2) is 30.7 Å². The molecule has 4 rings (SSSR count). The molecular formula is C17H19N5OS. The number of amides is 1. The van der Waals surface area contributed by atoms with Gasteiger partial charge in [-0.1, -0.05) is 0 Å². The maximum Gasteiger partial charge on any atom is 0.277 e. The minimum atomic E-state index is -0.220. The number of nitrogens with zero attached hydrogens (tertiary/aromatic N) is 3. The molecule has 0 radical (unpaired) electrons. The van der Waals surface area contributed by atoms with Crippen molar-refractivity contribution in [1.29, 1.82) is 0 Å². The van der Waals surface area contributed by atoms with Gasteiger partial charge in [-0.15, -0.1) is 11.3 Å². The van der Waals surface area contributed by atoms with Crippen LogP contribution in [-0.4, -0.2) is 33.4 Å². The highest BCUT2D eigenvalue weighted by Crippen LogP contribution is 2.31. The third kappa shape index (κ3) is 3.05. The molecule has 0 aromatic carbocycles. The number of anilines is 1. The lowest BCUT2D eigenvalue weighted by atomic mass is 9.97. The number of pyridine rings is 1. The van der Waals surface area contributed by atoms with Crippen LogP contribution in [0.5, 0.6) is 0 Å². The lowest BCUT2D eigenvalue weighted by molar-refractivity contribution is 0.102. The van der Waals surface area contributed by atoms with E-state index in [0.717, 1.165) is 37.1 Å². The summed E-state index contributed by atoms with van der Waals surface area (Å²) in [7, 11) is 0. The van der Waals surface area contributed by atoms with Gasteiger partial charge in [0.2, 0.25) is 0 Å². The van der Waals surface area contributed by atoms with E-state index in [0.29, 0.717) is 16.7 Å². The van der Waals surface area contributed by atoms with Crippen LogP contribution in [0.2, 0.25) is 0 Å². The van der Waals surface area contributed by atoms with Gasteiger partial charge in [-0.2, -0.15) is 0 Å². The summed E-state index contributed by atoms with van der Waals surface area (Å²) < 4.78 is 1.85. The first kappa shape index (κ1) is 15.3. The second kappa shape index (κ2) is 6.33. The summed E-state index contributed by atoms with van der Waals surface area (Å²) in [6.07, 6.45) is 7.80. The van der Waals surface area contributed by atoms with E-state index in [2.05, 4.69) is 20.6 Å². The van der Waals surface area contributed by atoms with Crippen molar-refractivity contribution in [2.45, 2.75) is 25.7 Å². The van der Waals surface area contributed by atoms with E-state index in [1.54, 1.807) is 17.5 Å². The molecule has 6 nitrogen and oxygen atoms in total. The van der Waals surface area contributed by atoms with Crippen LogP contribution in [0.25, 0.3) is 5.65 Å². The fraction of sp³-hybridized carbons (Fsp3) is 0.353. The maximum atomic E-state index is 12.4. The number of piperidine rings is 1. The standard InChI is InChI=1S/C17H19N5OS/c1-11-4-7-22-10-13(20-15(22)8-11)16(23)21-17-19-9-14(24-17)12-2-5-18-6-3-12/h4,7-10,12,18H,2-3,5-6H2,1H3,(H,19,21,23). The smallest absolute Gasteiger partial charge is 0.277 e. The van der Waals surface area contributed by atoms with Gasteiger partial charge in [-0.3, -0.25) is 10.1 Å². The number of nitrogens with one attached hydrogen (secondary N) is 2. The normalized spacial score (nSPS) is 15.7. The zero-order chi connectivity index (χ0) is 16.5. The van der Waals surface area contributed by atoms with Crippen LogP contribution in [0.4, 0.5) is 5.13 Å². The first-order valence-corrected chi connectivity index (χ1v) is 8.94. The summed E-state index contributed by atoms with van der Waals surface area (Å²) in [5.41, 5.74) is 2.29. The molecule has 0 atom stereocenters. The summed E-state index contributed by atoms with van der Waals surface area (Å²) in [5, 5.41) is 6.88. The van der Waals surface area contributed by atoms with Crippen molar-refractivity contribution in [1.82, 2.24) is 19.7 Å². The average molecular weight is 341 g/mol. The lowest BCUT2D eigenvalue weighted by Gasteiger charge is -2.20. The van der Waals surface area contributed by atoms with Crippen molar-refractivity contribution in [2.75, 3.05) is 18.4 Å². The molecule has 1 aliphatic heterocycles. The third-order valence-corrected chi connectivity index (χ3v) is 5.41. The molecule has 3 aromatic rings. The van der Waals surface area contributed by atoms with Gasteiger partial charge in [-0.05, 0) is 56.5 Å². The number of hydrogen-bond donors (Lipinski definition) is 2. The highest BCUT2D eigenvalue weighted by atomic mass is 32.1. The van der Waals surface area contributed by atoms with Gasteiger partial charge in [0.25, 0.3) is 5.91 Å². The molecule has 0 unspecified atom stereocenters. The van der Waals surface area contributed by atoms with Crippen molar-refractivity contribution in [2.24, 2.45) is 0 Å². The van der Waals surface area contributed by atoms with Gasteiger partial charge in [-0.25, -0.2) is 9.97 Å². The van der Waals surface area contributed by atoms with Gasteiger partial charge >= 0.3 is 0 Å². The van der Waals surface area contributed by atoms with E-state index in [1.165, 1.54) is 4.88 Å². The second-order valence-corrected chi connectivity index (χ2v) is 7.20.